The summed E-state index contributed by atoms with van der Waals surface area (Å²) in [6.45, 7) is 1.72. The van der Waals surface area contributed by atoms with Crippen LogP contribution < -0.4 is 0 Å². The molecule has 1 aromatic rings. The minimum atomic E-state index is 0.227. The standard InChI is InChI=1S/C10H10ClNO/c11-9-3-1-2-8(12-9)10-4-7(10)5-13-6-10/h1-3,7H,4-6H2/t7-,10-/m0/s1. The lowest BCUT2D eigenvalue weighted by Crippen LogP contribution is -2.12. The van der Waals surface area contributed by atoms with E-state index in [1.807, 2.05) is 12.1 Å². The first-order valence-electron chi connectivity index (χ1n) is 4.52. The van der Waals surface area contributed by atoms with Crippen LogP contribution in [0, 0.1) is 5.92 Å². The van der Waals surface area contributed by atoms with E-state index in [0.717, 1.165) is 18.9 Å². The Labute approximate surface area is 81.9 Å². The van der Waals surface area contributed by atoms with Gasteiger partial charge in [-0.05, 0) is 24.5 Å². The molecule has 1 saturated carbocycles. The summed E-state index contributed by atoms with van der Waals surface area (Å²) in [4.78, 5) is 4.35. The van der Waals surface area contributed by atoms with E-state index >= 15 is 0 Å². The van der Waals surface area contributed by atoms with Crippen LogP contribution in [0.25, 0.3) is 0 Å². The predicted molar refractivity (Wildman–Crippen MR) is 49.9 cm³/mol. The van der Waals surface area contributed by atoms with Crippen LogP contribution in [0.15, 0.2) is 18.2 Å². The second-order valence-corrected chi connectivity index (χ2v) is 4.31. The van der Waals surface area contributed by atoms with Gasteiger partial charge in [-0.15, -0.1) is 0 Å². The fourth-order valence-electron chi connectivity index (χ4n) is 2.23. The van der Waals surface area contributed by atoms with Gasteiger partial charge in [0.05, 0.1) is 18.9 Å². The lowest BCUT2D eigenvalue weighted by molar-refractivity contribution is 0.159. The van der Waals surface area contributed by atoms with Gasteiger partial charge in [-0.2, -0.15) is 0 Å². The number of ether oxygens (including phenoxy) is 1. The minimum absolute atomic E-state index is 0.227. The zero-order valence-electron chi connectivity index (χ0n) is 7.16. The smallest absolute Gasteiger partial charge is 0.129 e. The molecule has 0 bridgehead atoms. The van der Waals surface area contributed by atoms with E-state index in [-0.39, 0.29) is 5.41 Å². The fraction of sp³-hybridized carbons (Fsp3) is 0.500. The molecule has 2 fully saturated rings. The molecule has 3 rings (SSSR count). The molecule has 0 N–H and O–H groups in total. The largest absolute Gasteiger partial charge is 0.380 e. The second kappa shape index (κ2) is 2.46. The van der Waals surface area contributed by atoms with Gasteiger partial charge in [-0.25, -0.2) is 4.98 Å². The first-order valence-corrected chi connectivity index (χ1v) is 4.90. The van der Waals surface area contributed by atoms with Crippen molar-refractivity contribution in [2.45, 2.75) is 11.8 Å². The van der Waals surface area contributed by atoms with Gasteiger partial charge in [0, 0.05) is 5.41 Å². The monoisotopic (exact) mass is 195 g/mol. The number of aromatic nitrogens is 1. The lowest BCUT2D eigenvalue weighted by atomic mass is 10.0. The van der Waals surface area contributed by atoms with E-state index in [9.17, 15) is 0 Å². The van der Waals surface area contributed by atoms with E-state index in [1.165, 1.54) is 6.42 Å². The second-order valence-electron chi connectivity index (χ2n) is 3.92. The number of fused-ring (bicyclic) bond motifs is 1. The third kappa shape index (κ3) is 1.02. The third-order valence-corrected chi connectivity index (χ3v) is 3.35. The highest BCUT2D eigenvalue weighted by molar-refractivity contribution is 6.29. The first-order chi connectivity index (χ1) is 6.31. The Morgan fingerprint density at radius 1 is 1.54 bits per heavy atom. The number of hydrogen-bond acceptors (Lipinski definition) is 2. The van der Waals surface area contributed by atoms with Crippen molar-refractivity contribution in [2.75, 3.05) is 13.2 Å². The van der Waals surface area contributed by atoms with Crippen LogP contribution in [-0.2, 0) is 10.2 Å². The Morgan fingerprint density at radius 3 is 3.08 bits per heavy atom. The summed E-state index contributed by atoms with van der Waals surface area (Å²) in [6, 6.07) is 5.84. The zero-order chi connectivity index (χ0) is 8.89. The van der Waals surface area contributed by atoms with E-state index in [4.69, 9.17) is 16.3 Å². The summed E-state index contributed by atoms with van der Waals surface area (Å²) < 4.78 is 5.42. The van der Waals surface area contributed by atoms with Crippen LogP contribution in [0.2, 0.25) is 5.15 Å². The van der Waals surface area contributed by atoms with E-state index in [2.05, 4.69) is 11.1 Å². The number of halogens is 1. The van der Waals surface area contributed by atoms with E-state index in [0.29, 0.717) is 11.1 Å². The van der Waals surface area contributed by atoms with Gasteiger partial charge in [-0.3, -0.25) is 0 Å². The summed E-state index contributed by atoms with van der Waals surface area (Å²) in [5.41, 5.74) is 1.34. The lowest BCUT2D eigenvalue weighted by Gasteiger charge is -2.09. The summed E-state index contributed by atoms with van der Waals surface area (Å²) in [7, 11) is 0. The Kier molecular flexibility index (Phi) is 1.47. The van der Waals surface area contributed by atoms with Crippen LogP contribution >= 0.6 is 11.6 Å². The van der Waals surface area contributed by atoms with Crippen molar-refractivity contribution in [1.29, 1.82) is 0 Å². The number of hydrogen-bond donors (Lipinski definition) is 0. The Bertz CT molecular complexity index is 355. The molecule has 1 aromatic heterocycles. The predicted octanol–water partition coefficient (Wildman–Crippen LogP) is 2.02. The molecule has 3 heteroatoms. The number of nitrogens with zero attached hydrogens (tertiary/aromatic N) is 1. The molecule has 1 saturated heterocycles. The topological polar surface area (TPSA) is 22.1 Å². The molecule has 1 aliphatic carbocycles. The Hall–Kier alpha value is -0.600. The van der Waals surface area contributed by atoms with Gasteiger partial charge < -0.3 is 4.74 Å². The van der Waals surface area contributed by atoms with Crippen molar-refractivity contribution < 1.29 is 4.74 Å². The van der Waals surface area contributed by atoms with Crippen molar-refractivity contribution in [2.24, 2.45) is 5.92 Å². The van der Waals surface area contributed by atoms with Crippen molar-refractivity contribution in [3.8, 4) is 0 Å². The molecule has 2 aliphatic rings. The van der Waals surface area contributed by atoms with Crippen LogP contribution in [0.1, 0.15) is 12.1 Å². The molecule has 68 valence electrons. The number of rotatable bonds is 1. The van der Waals surface area contributed by atoms with Crippen LogP contribution in [0.4, 0.5) is 0 Å². The SMILES string of the molecule is Clc1cccc([C@@]23COC[C@@H]2C3)n1. The summed E-state index contributed by atoms with van der Waals surface area (Å²) in [5.74, 6) is 0.693. The molecule has 2 heterocycles. The molecular formula is C10H10ClNO. The molecule has 2 atom stereocenters. The highest BCUT2D eigenvalue weighted by atomic mass is 35.5. The van der Waals surface area contributed by atoms with Crippen LogP contribution in [-0.4, -0.2) is 18.2 Å². The number of pyridine rings is 1. The van der Waals surface area contributed by atoms with E-state index in [1.54, 1.807) is 0 Å². The van der Waals surface area contributed by atoms with Crippen LogP contribution in [0.3, 0.4) is 0 Å². The fourth-order valence-corrected chi connectivity index (χ4v) is 2.40. The highest BCUT2D eigenvalue weighted by Crippen LogP contribution is 2.57. The molecule has 13 heavy (non-hydrogen) atoms. The van der Waals surface area contributed by atoms with Gasteiger partial charge in [-0.1, -0.05) is 17.7 Å². The molecular weight excluding hydrogens is 186 g/mol. The quantitative estimate of drug-likeness (QED) is 0.640. The summed E-state index contributed by atoms with van der Waals surface area (Å²) in [5, 5.41) is 0.587. The molecule has 0 spiro atoms. The van der Waals surface area contributed by atoms with Crippen LogP contribution in [0.5, 0.6) is 0 Å². The maximum atomic E-state index is 5.85. The molecule has 1 aliphatic heterocycles. The summed E-state index contributed by atoms with van der Waals surface area (Å²) >= 11 is 5.85. The molecule has 2 nitrogen and oxygen atoms in total. The van der Waals surface area contributed by atoms with Gasteiger partial charge in [0.15, 0.2) is 0 Å². The molecule has 0 aromatic carbocycles. The zero-order valence-corrected chi connectivity index (χ0v) is 7.92. The highest BCUT2D eigenvalue weighted by Gasteiger charge is 2.60. The van der Waals surface area contributed by atoms with Crippen molar-refractivity contribution in [1.82, 2.24) is 4.98 Å². The van der Waals surface area contributed by atoms with Gasteiger partial charge >= 0.3 is 0 Å². The maximum absolute atomic E-state index is 5.85. The average molecular weight is 196 g/mol. The molecule has 0 amide bonds. The van der Waals surface area contributed by atoms with Crippen molar-refractivity contribution >= 4 is 11.6 Å². The third-order valence-electron chi connectivity index (χ3n) is 3.14. The minimum Gasteiger partial charge on any atom is -0.380 e. The maximum Gasteiger partial charge on any atom is 0.129 e. The Balaban J connectivity index is 2.01. The molecule has 0 unspecified atom stereocenters. The van der Waals surface area contributed by atoms with Gasteiger partial charge in [0.1, 0.15) is 5.15 Å². The van der Waals surface area contributed by atoms with Gasteiger partial charge in [0.25, 0.3) is 0 Å². The normalized spacial score (nSPS) is 35.9. The summed E-state index contributed by atoms with van der Waals surface area (Å²) in [6.07, 6.45) is 1.22. The van der Waals surface area contributed by atoms with Crippen molar-refractivity contribution in [3.05, 3.63) is 29.0 Å². The van der Waals surface area contributed by atoms with Gasteiger partial charge in [0.2, 0.25) is 0 Å². The Morgan fingerprint density at radius 2 is 2.46 bits per heavy atom. The van der Waals surface area contributed by atoms with E-state index < -0.39 is 0 Å². The molecule has 0 radical (unpaired) electrons. The first kappa shape index (κ1) is 7.77. The average Bonchev–Trinajstić information content (AvgIpc) is 2.70. The van der Waals surface area contributed by atoms with Crippen molar-refractivity contribution in [3.63, 3.8) is 0 Å².